The van der Waals surface area contributed by atoms with Crippen LogP contribution in [-0.2, 0) is 0 Å². The van der Waals surface area contributed by atoms with E-state index in [-0.39, 0.29) is 0 Å². The largest absolute Gasteiger partial charge is 0.497 e. The molecule has 0 aliphatic heterocycles. The van der Waals surface area contributed by atoms with Gasteiger partial charge >= 0.3 is 0 Å². The molecule has 1 nitrogen and oxygen atoms in total. The summed E-state index contributed by atoms with van der Waals surface area (Å²) in [5, 5.41) is 0. The van der Waals surface area contributed by atoms with Crippen molar-refractivity contribution < 1.29 is 4.74 Å². The summed E-state index contributed by atoms with van der Waals surface area (Å²) in [5.41, 5.74) is 2.77. The topological polar surface area (TPSA) is 9.23 Å². The Hall–Kier alpha value is -1.50. The fourth-order valence-corrected chi connectivity index (χ4v) is 2.04. The van der Waals surface area contributed by atoms with Crippen LogP contribution in [0.5, 0.6) is 5.75 Å². The van der Waals surface area contributed by atoms with Crippen molar-refractivity contribution in [2.24, 2.45) is 0 Å². The molecule has 1 aliphatic carbocycles. The van der Waals surface area contributed by atoms with Crippen molar-refractivity contribution in [2.45, 2.75) is 25.7 Å². The number of hydrogen-bond donors (Lipinski definition) is 0. The minimum Gasteiger partial charge on any atom is -0.497 e. The molecule has 0 N–H and O–H groups in total. The SMILES string of the molecule is COc1ccc(C(C)C2=CCCC=C2)cc1. The Labute approximate surface area is 97.4 Å². The lowest BCUT2D eigenvalue weighted by Gasteiger charge is -2.16. The van der Waals surface area contributed by atoms with Crippen LogP contribution in [0.2, 0.25) is 0 Å². The minimum atomic E-state index is 0.474. The van der Waals surface area contributed by atoms with Crippen molar-refractivity contribution in [3.63, 3.8) is 0 Å². The van der Waals surface area contributed by atoms with Crippen LogP contribution in [0, 0.1) is 0 Å². The second-order valence-electron chi connectivity index (χ2n) is 4.18. The first-order valence-corrected chi connectivity index (χ1v) is 5.82. The Morgan fingerprint density at radius 1 is 1.12 bits per heavy atom. The van der Waals surface area contributed by atoms with E-state index < -0.39 is 0 Å². The maximum Gasteiger partial charge on any atom is 0.118 e. The van der Waals surface area contributed by atoms with Crippen LogP contribution in [0.25, 0.3) is 0 Å². The summed E-state index contributed by atoms with van der Waals surface area (Å²) in [7, 11) is 1.70. The van der Waals surface area contributed by atoms with Crippen LogP contribution in [0.15, 0.2) is 48.1 Å². The van der Waals surface area contributed by atoms with Gasteiger partial charge in [-0.3, -0.25) is 0 Å². The summed E-state index contributed by atoms with van der Waals surface area (Å²) in [6, 6.07) is 8.34. The summed E-state index contributed by atoms with van der Waals surface area (Å²) in [6.07, 6.45) is 9.20. The molecule has 0 bridgehead atoms. The molecule has 1 unspecified atom stereocenters. The molecular weight excluding hydrogens is 196 g/mol. The molecule has 0 radical (unpaired) electrons. The normalized spacial score (nSPS) is 16.8. The second-order valence-corrected chi connectivity index (χ2v) is 4.18. The maximum absolute atomic E-state index is 5.17. The third kappa shape index (κ3) is 2.35. The molecule has 16 heavy (non-hydrogen) atoms. The molecule has 0 fully saturated rings. The van der Waals surface area contributed by atoms with Gasteiger partial charge in [-0.15, -0.1) is 0 Å². The molecule has 0 amide bonds. The van der Waals surface area contributed by atoms with E-state index in [0.717, 1.165) is 5.75 Å². The molecule has 1 aliphatic rings. The molecule has 0 spiro atoms. The van der Waals surface area contributed by atoms with Gasteiger partial charge in [-0.25, -0.2) is 0 Å². The Morgan fingerprint density at radius 3 is 2.44 bits per heavy atom. The van der Waals surface area contributed by atoms with Gasteiger partial charge in [0.1, 0.15) is 5.75 Å². The van der Waals surface area contributed by atoms with Gasteiger partial charge in [0.05, 0.1) is 7.11 Å². The average molecular weight is 214 g/mol. The Bertz CT molecular complexity index is 398. The van der Waals surface area contributed by atoms with Gasteiger partial charge in [-0.05, 0) is 36.1 Å². The van der Waals surface area contributed by atoms with E-state index in [0.29, 0.717) is 5.92 Å². The highest BCUT2D eigenvalue weighted by Crippen LogP contribution is 2.28. The van der Waals surface area contributed by atoms with E-state index in [1.165, 1.54) is 24.0 Å². The number of rotatable bonds is 3. The van der Waals surface area contributed by atoms with E-state index in [4.69, 9.17) is 4.74 Å². The Kier molecular flexibility index (Phi) is 3.45. The number of methoxy groups -OCH3 is 1. The number of hydrogen-bond acceptors (Lipinski definition) is 1. The zero-order chi connectivity index (χ0) is 11.4. The smallest absolute Gasteiger partial charge is 0.118 e. The lowest BCUT2D eigenvalue weighted by Crippen LogP contribution is -1.98. The highest BCUT2D eigenvalue weighted by atomic mass is 16.5. The van der Waals surface area contributed by atoms with Crippen molar-refractivity contribution in [1.29, 1.82) is 0 Å². The predicted octanol–water partition coefficient (Wildman–Crippen LogP) is 4.08. The summed E-state index contributed by atoms with van der Waals surface area (Å²) < 4.78 is 5.17. The van der Waals surface area contributed by atoms with Gasteiger partial charge in [0.25, 0.3) is 0 Å². The van der Waals surface area contributed by atoms with Crippen molar-refractivity contribution in [3.8, 4) is 5.75 Å². The third-order valence-corrected chi connectivity index (χ3v) is 3.14. The van der Waals surface area contributed by atoms with E-state index in [1.807, 2.05) is 12.1 Å². The van der Waals surface area contributed by atoms with Gasteiger partial charge in [0.15, 0.2) is 0 Å². The number of allylic oxidation sites excluding steroid dienone is 4. The molecule has 84 valence electrons. The van der Waals surface area contributed by atoms with Crippen LogP contribution in [0.3, 0.4) is 0 Å². The van der Waals surface area contributed by atoms with Gasteiger partial charge in [-0.1, -0.05) is 37.3 Å². The molecule has 0 heterocycles. The zero-order valence-corrected chi connectivity index (χ0v) is 9.94. The fourth-order valence-electron chi connectivity index (χ4n) is 2.04. The zero-order valence-electron chi connectivity index (χ0n) is 9.94. The third-order valence-electron chi connectivity index (χ3n) is 3.14. The average Bonchev–Trinajstić information content (AvgIpc) is 2.39. The second kappa shape index (κ2) is 5.02. The van der Waals surface area contributed by atoms with Crippen molar-refractivity contribution in [3.05, 3.63) is 53.6 Å². The summed E-state index contributed by atoms with van der Waals surface area (Å²) in [6.45, 7) is 2.25. The highest BCUT2D eigenvalue weighted by molar-refractivity contribution is 5.38. The first kappa shape index (κ1) is 11.0. The molecule has 0 saturated heterocycles. The van der Waals surface area contributed by atoms with E-state index in [9.17, 15) is 0 Å². The van der Waals surface area contributed by atoms with Crippen LogP contribution < -0.4 is 4.74 Å². The molecule has 1 aromatic carbocycles. The first-order valence-electron chi connectivity index (χ1n) is 5.82. The summed E-state index contributed by atoms with van der Waals surface area (Å²) in [4.78, 5) is 0. The first-order chi connectivity index (χ1) is 7.81. The summed E-state index contributed by atoms with van der Waals surface area (Å²) >= 11 is 0. The molecule has 0 saturated carbocycles. The molecule has 0 aromatic heterocycles. The number of ether oxygens (including phenoxy) is 1. The molecule has 2 rings (SSSR count). The molecule has 1 heteroatoms. The van der Waals surface area contributed by atoms with Crippen LogP contribution in [0.4, 0.5) is 0 Å². The Morgan fingerprint density at radius 2 is 1.88 bits per heavy atom. The minimum absolute atomic E-state index is 0.474. The standard InChI is InChI=1S/C15H18O/c1-12(13-6-4-3-5-7-13)14-8-10-15(16-2)11-9-14/h4,6-12H,3,5H2,1-2H3. The van der Waals surface area contributed by atoms with Crippen LogP contribution in [-0.4, -0.2) is 7.11 Å². The van der Waals surface area contributed by atoms with E-state index >= 15 is 0 Å². The van der Waals surface area contributed by atoms with Gasteiger partial charge in [0, 0.05) is 5.92 Å². The Balaban J connectivity index is 2.16. The molecule has 1 aromatic rings. The van der Waals surface area contributed by atoms with E-state index in [1.54, 1.807) is 7.11 Å². The number of benzene rings is 1. The lowest BCUT2D eigenvalue weighted by molar-refractivity contribution is 0.414. The van der Waals surface area contributed by atoms with Crippen LogP contribution in [0.1, 0.15) is 31.2 Å². The molecular formula is C15H18O. The molecule has 1 atom stereocenters. The van der Waals surface area contributed by atoms with Crippen molar-refractivity contribution in [2.75, 3.05) is 7.11 Å². The maximum atomic E-state index is 5.17. The highest BCUT2D eigenvalue weighted by Gasteiger charge is 2.10. The quantitative estimate of drug-likeness (QED) is 0.736. The van der Waals surface area contributed by atoms with E-state index in [2.05, 4.69) is 37.3 Å². The predicted molar refractivity (Wildman–Crippen MR) is 67.9 cm³/mol. The lowest BCUT2D eigenvalue weighted by atomic mass is 9.89. The fraction of sp³-hybridized carbons (Fsp3) is 0.333. The van der Waals surface area contributed by atoms with Crippen LogP contribution >= 0.6 is 0 Å². The van der Waals surface area contributed by atoms with Crippen molar-refractivity contribution >= 4 is 0 Å². The van der Waals surface area contributed by atoms with Gasteiger partial charge in [-0.2, -0.15) is 0 Å². The van der Waals surface area contributed by atoms with Crippen molar-refractivity contribution in [1.82, 2.24) is 0 Å². The van der Waals surface area contributed by atoms with Gasteiger partial charge < -0.3 is 4.74 Å². The van der Waals surface area contributed by atoms with Gasteiger partial charge in [0.2, 0.25) is 0 Å². The monoisotopic (exact) mass is 214 g/mol. The summed E-state index contributed by atoms with van der Waals surface area (Å²) in [5.74, 6) is 1.39.